The topological polar surface area (TPSA) is 40.5 Å². The van der Waals surface area contributed by atoms with E-state index in [9.17, 15) is 0 Å². The monoisotopic (exact) mass is 182 g/mol. The maximum Gasteiger partial charge on any atom is 0.0471 e. The molecule has 2 nitrogen and oxygen atoms in total. The van der Waals surface area contributed by atoms with Crippen LogP contribution in [-0.4, -0.2) is 23.4 Å². The highest BCUT2D eigenvalue weighted by Crippen LogP contribution is 2.20. The first-order chi connectivity index (χ1) is 6.36. The van der Waals surface area contributed by atoms with E-state index in [4.69, 9.17) is 10.2 Å². The van der Waals surface area contributed by atoms with Crippen LogP contribution in [0.15, 0.2) is 23.8 Å². The molecule has 0 bridgehead atoms. The zero-order valence-corrected chi connectivity index (χ0v) is 7.95. The third kappa shape index (κ3) is 3.75. The van der Waals surface area contributed by atoms with Gasteiger partial charge in [-0.3, -0.25) is 0 Å². The van der Waals surface area contributed by atoms with Gasteiger partial charge in [-0.1, -0.05) is 23.8 Å². The lowest BCUT2D eigenvalue weighted by atomic mass is 9.99. The summed E-state index contributed by atoms with van der Waals surface area (Å²) in [5.74, 6) is 0.581. The minimum Gasteiger partial charge on any atom is -0.396 e. The largest absolute Gasteiger partial charge is 0.396 e. The van der Waals surface area contributed by atoms with Gasteiger partial charge in [-0.2, -0.15) is 0 Å². The van der Waals surface area contributed by atoms with Gasteiger partial charge in [0, 0.05) is 13.2 Å². The first-order valence-electron chi connectivity index (χ1n) is 4.94. The second-order valence-electron chi connectivity index (χ2n) is 3.50. The van der Waals surface area contributed by atoms with E-state index >= 15 is 0 Å². The SMILES string of the molecule is OCCC1=CCC(CCO)CC=C1. The van der Waals surface area contributed by atoms with E-state index in [1.165, 1.54) is 5.57 Å². The molecule has 1 rings (SSSR count). The maximum absolute atomic E-state index is 8.79. The van der Waals surface area contributed by atoms with Gasteiger partial charge in [-0.25, -0.2) is 0 Å². The summed E-state index contributed by atoms with van der Waals surface area (Å²) in [5, 5.41) is 17.6. The number of aliphatic hydroxyl groups excluding tert-OH is 2. The molecule has 0 amide bonds. The number of hydrogen-bond donors (Lipinski definition) is 2. The van der Waals surface area contributed by atoms with Gasteiger partial charge in [0.1, 0.15) is 0 Å². The third-order valence-electron chi connectivity index (χ3n) is 2.45. The van der Waals surface area contributed by atoms with Crippen LogP contribution in [0.4, 0.5) is 0 Å². The van der Waals surface area contributed by atoms with E-state index in [1.807, 2.05) is 0 Å². The van der Waals surface area contributed by atoms with Gasteiger partial charge in [0.05, 0.1) is 0 Å². The van der Waals surface area contributed by atoms with E-state index in [0.717, 1.165) is 25.7 Å². The molecule has 2 heteroatoms. The molecular weight excluding hydrogens is 164 g/mol. The van der Waals surface area contributed by atoms with Gasteiger partial charge in [0.2, 0.25) is 0 Å². The standard InChI is InChI=1S/C11H18O2/c12-8-6-10-2-1-3-11(5-4-10)7-9-13/h1-2,4,11-13H,3,5-9H2. The van der Waals surface area contributed by atoms with E-state index < -0.39 is 0 Å². The Labute approximate surface area is 79.6 Å². The molecule has 0 aromatic heterocycles. The van der Waals surface area contributed by atoms with Gasteiger partial charge in [0.25, 0.3) is 0 Å². The normalized spacial score (nSPS) is 22.6. The van der Waals surface area contributed by atoms with E-state index in [-0.39, 0.29) is 13.2 Å². The lowest BCUT2D eigenvalue weighted by Gasteiger charge is -2.08. The third-order valence-corrected chi connectivity index (χ3v) is 2.45. The van der Waals surface area contributed by atoms with Crippen molar-refractivity contribution in [3.63, 3.8) is 0 Å². The van der Waals surface area contributed by atoms with Gasteiger partial charge < -0.3 is 10.2 Å². The van der Waals surface area contributed by atoms with Crippen LogP contribution in [0.5, 0.6) is 0 Å². The summed E-state index contributed by atoms with van der Waals surface area (Å²) < 4.78 is 0. The van der Waals surface area contributed by atoms with E-state index in [0.29, 0.717) is 5.92 Å². The second kappa shape index (κ2) is 5.95. The lowest BCUT2D eigenvalue weighted by Crippen LogP contribution is -1.99. The van der Waals surface area contributed by atoms with Gasteiger partial charge in [-0.15, -0.1) is 0 Å². The molecule has 1 atom stereocenters. The molecule has 0 aromatic carbocycles. The molecule has 1 aliphatic rings. The summed E-state index contributed by atoms with van der Waals surface area (Å²) in [5.41, 5.74) is 1.22. The minimum atomic E-state index is 0.223. The summed E-state index contributed by atoms with van der Waals surface area (Å²) in [6.07, 6.45) is 10.1. The molecule has 0 spiro atoms. The molecule has 0 saturated carbocycles. The molecule has 74 valence electrons. The fourth-order valence-corrected chi connectivity index (χ4v) is 1.63. The average molecular weight is 182 g/mol. The summed E-state index contributed by atoms with van der Waals surface area (Å²) in [6, 6.07) is 0. The molecule has 13 heavy (non-hydrogen) atoms. The van der Waals surface area contributed by atoms with Crippen molar-refractivity contribution in [3.05, 3.63) is 23.8 Å². The minimum absolute atomic E-state index is 0.223. The molecule has 0 heterocycles. The Balaban J connectivity index is 2.43. The Bertz CT molecular complexity index is 194. The van der Waals surface area contributed by atoms with Crippen LogP contribution >= 0.6 is 0 Å². The number of hydrogen-bond acceptors (Lipinski definition) is 2. The second-order valence-corrected chi connectivity index (χ2v) is 3.50. The molecule has 1 aliphatic carbocycles. The van der Waals surface area contributed by atoms with Crippen LogP contribution in [-0.2, 0) is 0 Å². The zero-order valence-electron chi connectivity index (χ0n) is 7.95. The molecular formula is C11H18O2. The maximum atomic E-state index is 8.79. The fraction of sp³-hybridized carbons (Fsp3) is 0.636. The highest BCUT2D eigenvalue weighted by atomic mass is 16.3. The van der Waals surface area contributed by atoms with Crippen LogP contribution in [0.3, 0.4) is 0 Å². The van der Waals surface area contributed by atoms with Crippen molar-refractivity contribution in [3.8, 4) is 0 Å². The number of rotatable bonds is 4. The predicted octanol–water partition coefficient (Wildman–Crippen LogP) is 1.64. The highest BCUT2D eigenvalue weighted by Gasteiger charge is 2.07. The molecule has 0 fully saturated rings. The van der Waals surface area contributed by atoms with Crippen molar-refractivity contribution < 1.29 is 10.2 Å². The molecule has 0 aliphatic heterocycles. The fourth-order valence-electron chi connectivity index (χ4n) is 1.63. The summed E-state index contributed by atoms with van der Waals surface area (Å²) in [4.78, 5) is 0. The van der Waals surface area contributed by atoms with Crippen LogP contribution in [0, 0.1) is 5.92 Å². The molecule has 0 saturated heterocycles. The van der Waals surface area contributed by atoms with E-state index in [1.54, 1.807) is 0 Å². The molecule has 1 unspecified atom stereocenters. The van der Waals surface area contributed by atoms with Gasteiger partial charge in [-0.05, 0) is 31.6 Å². The van der Waals surface area contributed by atoms with Gasteiger partial charge in [0.15, 0.2) is 0 Å². The van der Waals surface area contributed by atoms with Crippen LogP contribution in [0.25, 0.3) is 0 Å². The van der Waals surface area contributed by atoms with Crippen molar-refractivity contribution in [2.45, 2.75) is 25.7 Å². The number of allylic oxidation sites excluding steroid dienone is 3. The van der Waals surface area contributed by atoms with Gasteiger partial charge >= 0.3 is 0 Å². The lowest BCUT2D eigenvalue weighted by molar-refractivity contribution is 0.258. The van der Waals surface area contributed by atoms with Crippen molar-refractivity contribution in [1.82, 2.24) is 0 Å². The van der Waals surface area contributed by atoms with Crippen molar-refractivity contribution in [1.29, 1.82) is 0 Å². The number of aliphatic hydroxyl groups is 2. The Hall–Kier alpha value is -0.600. The first kappa shape index (κ1) is 10.5. The molecule has 0 aromatic rings. The Kier molecular flexibility index (Phi) is 4.79. The van der Waals surface area contributed by atoms with Crippen molar-refractivity contribution in [2.75, 3.05) is 13.2 Å². The van der Waals surface area contributed by atoms with Crippen LogP contribution in [0.2, 0.25) is 0 Å². The Morgan fingerprint density at radius 1 is 1.23 bits per heavy atom. The summed E-state index contributed by atoms with van der Waals surface area (Å²) in [6.45, 7) is 0.502. The van der Waals surface area contributed by atoms with E-state index in [2.05, 4.69) is 18.2 Å². The molecule has 2 N–H and O–H groups in total. The smallest absolute Gasteiger partial charge is 0.0471 e. The Morgan fingerprint density at radius 3 is 2.77 bits per heavy atom. The molecule has 0 radical (unpaired) electrons. The summed E-state index contributed by atoms with van der Waals surface area (Å²) >= 11 is 0. The van der Waals surface area contributed by atoms with Crippen molar-refractivity contribution in [2.24, 2.45) is 5.92 Å². The summed E-state index contributed by atoms with van der Waals surface area (Å²) in [7, 11) is 0. The van der Waals surface area contributed by atoms with Crippen molar-refractivity contribution >= 4 is 0 Å². The quantitative estimate of drug-likeness (QED) is 0.694. The van der Waals surface area contributed by atoms with Crippen LogP contribution in [0.1, 0.15) is 25.7 Å². The first-order valence-corrected chi connectivity index (χ1v) is 4.94. The van der Waals surface area contributed by atoms with Crippen LogP contribution < -0.4 is 0 Å². The zero-order chi connectivity index (χ0) is 9.52. The predicted molar refractivity (Wildman–Crippen MR) is 53.4 cm³/mol. The Morgan fingerprint density at radius 2 is 2.08 bits per heavy atom. The highest BCUT2D eigenvalue weighted by molar-refractivity contribution is 5.20. The average Bonchev–Trinajstić information content (AvgIpc) is 2.33.